The number of piperidine rings is 1. The molecule has 3 N–H and O–H groups in total. The maximum absolute atomic E-state index is 5.88. The van der Waals surface area contributed by atoms with Crippen molar-refractivity contribution in [2.75, 3.05) is 39.9 Å². The Morgan fingerprint density at radius 2 is 1.95 bits per heavy atom. The van der Waals surface area contributed by atoms with Crippen molar-refractivity contribution in [2.24, 2.45) is 16.6 Å². The van der Waals surface area contributed by atoms with Crippen molar-refractivity contribution in [1.82, 2.24) is 10.2 Å². The van der Waals surface area contributed by atoms with Crippen molar-refractivity contribution >= 4 is 29.9 Å². The topological polar surface area (TPSA) is 62.9 Å². The predicted molar refractivity (Wildman–Crippen MR) is 95.8 cm³/mol. The molecule has 0 amide bonds. The molecular formula is C14H31IN4O. The first-order valence-corrected chi connectivity index (χ1v) is 7.20. The fourth-order valence-corrected chi connectivity index (χ4v) is 2.26. The maximum Gasteiger partial charge on any atom is 0.188 e. The second kappa shape index (κ2) is 9.78. The number of halogens is 1. The Bertz CT molecular complexity index is 283. The van der Waals surface area contributed by atoms with Crippen LogP contribution in [-0.2, 0) is 4.74 Å². The molecule has 0 saturated carbocycles. The number of nitrogens with zero attached hydrogens (tertiary/aromatic N) is 2. The van der Waals surface area contributed by atoms with E-state index in [1.807, 2.05) is 0 Å². The third kappa shape index (κ3) is 8.97. The highest BCUT2D eigenvalue weighted by Gasteiger charge is 2.18. The van der Waals surface area contributed by atoms with E-state index in [0.717, 1.165) is 32.8 Å². The van der Waals surface area contributed by atoms with Crippen molar-refractivity contribution in [3.8, 4) is 0 Å². The largest absolute Gasteiger partial charge is 0.383 e. The molecular weight excluding hydrogens is 367 g/mol. The van der Waals surface area contributed by atoms with E-state index in [4.69, 9.17) is 10.5 Å². The minimum Gasteiger partial charge on any atom is -0.383 e. The average Bonchev–Trinajstić information content (AvgIpc) is 2.33. The Hall–Kier alpha value is -0.0800. The van der Waals surface area contributed by atoms with Gasteiger partial charge >= 0.3 is 0 Å². The number of methoxy groups -OCH3 is 1. The number of hydrogen-bond donors (Lipinski definition) is 2. The molecule has 0 aliphatic carbocycles. The van der Waals surface area contributed by atoms with Gasteiger partial charge in [-0.2, -0.15) is 0 Å². The zero-order chi connectivity index (χ0) is 14.3. The van der Waals surface area contributed by atoms with Crippen LogP contribution in [0.15, 0.2) is 4.99 Å². The minimum atomic E-state index is -0.0168. The number of likely N-dealkylation sites (tertiary alicyclic amines) is 1. The number of guanidine groups is 1. The van der Waals surface area contributed by atoms with E-state index in [2.05, 4.69) is 36.0 Å². The van der Waals surface area contributed by atoms with Gasteiger partial charge in [0.1, 0.15) is 0 Å². The second-order valence-electron chi connectivity index (χ2n) is 6.38. The molecule has 1 aliphatic heterocycles. The number of hydrogen-bond acceptors (Lipinski definition) is 3. The number of nitrogens with one attached hydrogen (secondary N) is 1. The highest BCUT2D eigenvalue weighted by atomic mass is 127. The van der Waals surface area contributed by atoms with Gasteiger partial charge in [-0.05, 0) is 52.6 Å². The second-order valence-corrected chi connectivity index (χ2v) is 6.38. The standard InChI is InChI=1S/C14H30N4O.HI/c1-14(2,3)17-13(15)16-11-12-5-7-18(8-6-12)9-10-19-4;/h12H,5-11H2,1-4H3,(H3,15,16,17);1H. The molecule has 1 fully saturated rings. The van der Waals surface area contributed by atoms with Crippen LogP contribution in [0.3, 0.4) is 0 Å². The number of ether oxygens (including phenoxy) is 1. The first-order chi connectivity index (χ1) is 8.90. The van der Waals surface area contributed by atoms with Gasteiger partial charge in [0.25, 0.3) is 0 Å². The number of nitrogens with two attached hydrogens (primary N) is 1. The van der Waals surface area contributed by atoms with E-state index in [-0.39, 0.29) is 29.5 Å². The van der Waals surface area contributed by atoms with E-state index in [1.54, 1.807) is 7.11 Å². The Morgan fingerprint density at radius 1 is 1.35 bits per heavy atom. The lowest BCUT2D eigenvalue weighted by Crippen LogP contribution is -2.45. The van der Waals surface area contributed by atoms with Crippen molar-refractivity contribution in [1.29, 1.82) is 0 Å². The summed E-state index contributed by atoms with van der Waals surface area (Å²) in [6, 6.07) is 0. The first-order valence-electron chi connectivity index (χ1n) is 7.20. The van der Waals surface area contributed by atoms with Crippen molar-refractivity contribution < 1.29 is 4.74 Å². The Morgan fingerprint density at radius 3 is 2.45 bits per heavy atom. The normalized spacial score (nSPS) is 18.7. The van der Waals surface area contributed by atoms with Crippen LogP contribution in [0.5, 0.6) is 0 Å². The number of aliphatic imine (C=N–C) groups is 1. The highest BCUT2D eigenvalue weighted by molar-refractivity contribution is 14.0. The van der Waals surface area contributed by atoms with E-state index >= 15 is 0 Å². The van der Waals surface area contributed by atoms with E-state index in [9.17, 15) is 0 Å². The monoisotopic (exact) mass is 398 g/mol. The van der Waals surface area contributed by atoms with E-state index in [0.29, 0.717) is 11.9 Å². The molecule has 1 rings (SSSR count). The van der Waals surface area contributed by atoms with Crippen molar-refractivity contribution in [3.05, 3.63) is 0 Å². The molecule has 5 nitrogen and oxygen atoms in total. The third-order valence-corrected chi connectivity index (χ3v) is 3.34. The van der Waals surface area contributed by atoms with Crippen LogP contribution in [0, 0.1) is 5.92 Å². The summed E-state index contributed by atoms with van der Waals surface area (Å²) in [4.78, 5) is 6.92. The quantitative estimate of drug-likeness (QED) is 0.420. The van der Waals surface area contributed by atoms with Crippen molar-refractivity contribution in [3.63, 3.8) is 0 Å². The van der Waals surface area contributed by atoms with Gasteiger partial charge in [-0.3, -0.25) is 4.99 Å². The lowest BCUT2D eigenvalue weighted by Gasteiger charge is -2.31. The van der Waals surface area contributed by atoms with Gasteiger partial charge < -0.3 is 20.7 Å². The molecule has 0 aromatic heterocycles. The lowest BCUT2D eigenvalue weighted by atomic mass is 9.97. The molecule has 20 heavy (non-hydrogen) atoms. The van der Waals surface area contributed by atoms with Crippen molar-refractivity contribution in [2.45, 2.75) is 39.2 Å². The maximum atomic E-state index is 5.88. The molecule has 0 radical (unpaired) electrons. The number of rotatable bonds is 5. The molecule has 0 unspecified atom stereocenters. The fourth-order valence-electron chi connectivity index (χ4n) is 2.26. The molecule has 0 aromatic rings. The van der Waals surface area contributed by atoms with Crippen LogP contribution in [0.4, 0.5) is 0 Å². The summed E-state index contributed by atoms with van der Waals surface area (Å²) in [6.07, 6.45) is 2.41. The van der Waals surface area contributed by atoms with Crippen LogP contribution in [0.1, 0.15) is 33.6 Å². The summed E-state index contributed by atoms with van der Waals surface area (Å²) in [7, 11) is 1.76. The summed E-state index contributed by atoms with van der Waals surface area (Å²) in [5.74, 6) is 1.23. The smallest absolute Gasteiger partial charge is 0.188 e. The molecule has 1 aliphatic rings. The van der Waals surface area contributed by atoms with Gasteiger partial charge in [0.15, 0.2) is 5.96 Å². The van der Waals surface area contributed by atoms with Gasteiger partial charge in [-0.25, -0.2) is 0 Å². The van der Waals surface area contributed by atoms with E-state index in [1.165, 1.54) is 12.8 Å². The molecule has 1 saturated heterocycles. The molecule has 0 bridgehead atoms. The summed E-state index contributed by atoms with van der Waals surface area (Å²) >= 11 is 0. The Kier molecular flexibility index (Phi) is 9.74. The molecule has 6 heteroatoms. The van der Waals surface area contributed by atoms with Crippen LogP contribution in [0.25, 0.3) is 0 Å². The average molecular weight is 398 g/mol. The van der Waals surface area contributed by atoms with Crippen LogP contribution < -0.4 is 11.1 Å². The first kappa shape index (κ1) is 19.9. The molecule has 120 valence electrons. The molecule has 0 spiro atoms. The minimum absolute atomic E-state index is 0. The summed E-state index contributed by atoms with van der Waals surface area (Å²) in [5, 5.41) is 3.20. The summed E-state index contributed by atoms with van der Waals surface area (Å²) in [5.41, 5.74) is 5.87. The van der Waals surface area contributed by atoms with Gasteiger partial charge in [0, 0.05) is 25.7 Å². The van der Waals surface area contributed by atoms with Gasteiger partial charge in [-0.1, -0.05) is 0 Å². The molecule has 0 aromatic carbocycles. The van der Waals surface area contributed by atoms with Gasteiger partial charge in [0.2, 0.25) is 0 Å². The molecule has 1 heterocycles. The highest BCUT2D eigenvalue weighted by Crippen LogP contribution is 2.17. The fraction of sp³-hybridized carbons (Fsp3) is 0.929. The van der Waals surface area contributed by atoms with Crippen LogP contribution >= 0.6 is 24.0 Å². The SMILES string of the molecule is COCCN1CCC(CN=C(N)NC(C)(C)C)CC1.I. The van der Waals surface area contributed by atoms with Gasteiger partial charge in [-0.15, -0.1) is 24.0 Å². The zero-order valence-electron chi connectivity index (χ0n) is 13.3. The Balaban J connectivity index is 0.00000361. The molecule has 0 atom stereocenters. The zero-order valence-corrected chi connectivity index (χ0v) is 15.6. The van der Waals surface area contributed by atoms with Gasteiger partial charge in [0.05, 0.1) is 6.61 Å². The van der Waals surface area contributed by atoms with Crippen LogP contribution in [0.2, 0.25) is 0 Å². The summed E-state index contributed by atoms with van der Waals surface area (Å²) < 4.78 is 5.11. The van der Waals surface area contributed by atoms with Crippen LogP contribution in [-0.4, -0.2) is 56.3 Å². The third-order valence-electron chi connectivity index (χ3n) is 3.34. The Labute approximate surface area is 140 Å². The summed E-state index contributed by atoms with van der Waals surface area (Å²) in [6.45, 7) is 11.3. The van der Waals surface area contributed by atoms with E-state index < -0.39 is 0 Å². The predicted octanol–water partition coefficient (Wildman–Crippen LogP) is 1.67. The lowest BCUT2D eigenvalue weighted by molar-refractivity contribution is 0.121.